The number of carbonyl (C=O) groups excluding carboxylic acids is 1. The molecular formula is C20H20ClNO4S. The molecule has 1 atom stereocenters. The summed E-state index contributed by atoms with van der Waals surface area (Å²) in [4.78, 5) is 12.8. The minimum Gasteiger partial charge on any atom is -0.480 e. The third kappa shape index (κ3) is 3.69. The lowest BCUT2D eigenvalue weighted by molar-refractivity contribution is -0.122. The van der Waals surface area contributed by atoms with Gasteiger partial charge in [0, 0.05) is 17.1 Å². The molecule has 5 nitrogen and oxygen atoms in total. The number of ether oxygens (including phenoxy) is 1. The molecule has 0 saturated heterocycles. The molecule has 142 valence electrons. The summed E-state index contributed by atoms with van der Waals surface area (Å²) >= 11 is 5.97. The highest BCUT2D eigenvalue weighted by Gasteiger charge is 2.31. The molecule has 1 saturated carbocycles. The number of rotatable bonds is 4. The van der Waals surface area contributed by atoms with Crippen LogP contribution in [-0.2, 0) is 21.1 Å². The molecule has 1 amide bonds. The average Bonchev–Trinajstić information content (AvgIpc) is 3.32. The molecular weight excluding hydrogens is 386 g/mol. The molecule has 1 heterocycles. The van der Waals surface area contributed by atoms with E-state index in [1.165, 1.54) is 0 Å². The molecule has 2 aliphatic rings. The predicted molar refractivity (Wildman–Crippen MR) is 104 cm³/mol. The van der Waals surface area contributed by atoms with Crippen LogP contribution in [0.3, 0.4) is 0 Å². The summed E-state index contributed by atoms with van der Waals surface area (Å²) in [5.41, 5.74) is 1.45. The van der Waals surface area contributed by atoms with E-state index in [2.05, 4.69) is 5.32 Å². The number of amides is 1. The van der Waals surface area contributed by atoms with Crippen LogP contribution in [-0.4, -0.2) is 25.7 Å². The molecule has 7 heteroatoms. The van der Waals surface area contributed by atoms with Crippen LogP contribution in [0.5, 0.6) is 5.75 Å². The van der Waals surface area contributed by atoms with Crippen molar-refractivity contribution < 1.29 is 17.9 Å². The highest BCUT2D eigenvalue weighted by atomic mass is 35.5. The van der Waals surface area contributed by atoms with Crippen LogP contribution < -0.4 is 10.1 Å². The number of sulfone groups is 1. The predicted octanol–water partition coefficient (Wildman–Crippen LogP) is 4.00. The van der Waals surface area contributed by atoms with E-state index in [4.69, 9.17) is 16.3 Å². The highest BCUT2D eigenvalue weighted by molar-refractivity contribution is 7.92. The molecule has 2 aromatic rings. The molecule has 4 rings (SSSR count). The lowest BCUT2D eigenvalue weighted by Gasteiger charge is -2.13. The number of halogens is 1. The smallest absolute Gasteiger partial charge is 0.265 e. The number of hydrogen-bond donors (Lipinski definition) is 1. The van der Waals surface area contributed by atoms with E-state index in [1.807, 2.05) is 0 Å². The van der Waals surface area contributed by atoms with Crippen molar-refractivity contribution in [2.75, 3.05) is 5.32 Å². The minimum absolute atomic E-state index is 0.270. The number of fused-ring (bicyclic) bond motifs is 1. The summed E-state index contributed by atoms with van der Waals surface area (Å²) in [7, 11) is -3.29. The fourth-order valence-corrected chi connectivity index (χ4v) is 5.75. The van der Waals surface area contributed by atoms with Crippen molar-refractivity contribution in [3.05, 3.63) is 53.1 Å². The van der Waals surface area contributed by atoms with Crippen LogP contribution in [0.25, 0.3) is 0 Å². The van der Waals surface area contributed by atoms with Crippen molar-refractivity contribution in [2.24, 2.45) is 0 Å². The standard InChI is InChI=1S/C20H20ClNO4S/c21-14-5-10-18-13(11-14)12-19(26-18)20(23)22-15-6-8-17(9-7-15)27(24,25)16-3-1-2-4-16/h5-11,16,19H,1-4,12H2,(H,22,23). The van der Waals surface area contributed by atoms with E-state index in [1.54, 1.807) is 42.5 Å². The van der Waals surface area contributed by atoms with E-state index in [0.717, 1.165) is 31.2 Å². The van der Waals surface area contributed by atoms with Gasteiger partial charge in [-0.2, -0.15) is 0 Å². The average molecular weight is 406 g/mol. The van der Waals surface area contributed by atoms with Gasteiger partial charge in [-0.3, -0.25) is 4.79 Å². The van der Waals surface area contributed by atoms with Crippen LogP contribution in [0.15, 0.2) is 47.4 Å². The van der Waals surface area contributed by atoms with E-state index in [-0.39, 0.29) is 11.2 Å². The van der Waals surface area contributed by atoms with E-state index in [0.29, 0.717) is 27.8 Å². The van der Waals surface area contributed by atoms with Gasteiger partial charge in [0.1, 0.15) is 5.75 Å². The van der Waals surface area contributed by atoms with Crippen LogP contribution >= 0.6 is 11.6 Å². The Bertz CT molecular complexity index is 966. The SMILES string of the molecule is O=C(Nc1ccc(S(=O)(=O)C2CCCC2)cc1)C1Cc2cc(Cl)ccc2O1. The second-order valence-electron chi connectivity index (χ2n) is 7.03. The third-order valence-corrected chi connectivity index (χ3v) is 7.69. The van der Waals surface area contributed by atoms with Gasteiger partial charge in [-0.15, -0.1) is 0 Å². The fourth-order valence-electron chi connectivity index (χ4n) is 3.71. The summed E-state index contributed by atoms with van der Waals surface area (Å²) in [5, 5.41) is 3.12. The molecule has 2 aromatic carbocycles. The van der Waals surface area contributed by atoms with Gasteiger partial charge in [0.2, 0.25) is 0 Å². The maximum Gasteiger partial charge on any atom is 0.265 e. The van der Waals surface area contributed by atoms with Crippen molar-refractivity contribution >= 4 is 33.0 Å². The van der Waals surface area contributed by atoms with Crippen molar-refractivity contribution in [1.29, 1.82) is 0 Å². The minimum atomic E-state index is -3.29. The third-order valence-electron chi connectivity index (χ3n) is 5.18. The molecule has 1 aliphatic heterocycles. The number of benzene rings is 2. The normalized spacial score (nSPS) is 19.5. The summed E-state index contributed by atoms with van der Waals surface area (Å²) in [6, 6.07) is 11.7. The molecule has 0 radical (unpaired) electrons. The van der Waals surface area contributed by atoms with Gasteiger partial charge in [-0.25, -0.2) is 8.42 Å². The summed E-state index contributed by atoms with van der Waals surface area (Å²) in [5.74, 6) is 0.395. The largest absolute Gasteiger partial charge is 0.480 e. The Morgan fingerprint density at radius 3 is 2.48 bits per heavy atom. The topological polar surface area (TPSA) is 72.5 Å². The molecule has 1 N–H and O–H groups in total. The number of hydrogen-bond acceptors (Lipinski definition) is 4. The molecule has 27 heavy (non-hydrogen) atoms. The zero-order valence-electron chi connectivity index (χ0n) is 14.7. The van der Waals surface area contributed by atoms with Crippen LogP contribution in [0.2, 0.25) is 5.02 Å². The Kier molecular flexibility index (Phi) is 4.86. The number of anilines is 1. The van der Waals surface area contributed by atoms with Crippen molar-refractivity contribution in [2.45, 2.75) is 48.4 Å². The maximum atomic E-state index is 12.6. The Balaban J connectivity index is 1.42. The first-order chi connectivity index (χ1) is 12.9. The lowest BCUT2D eigenvalue weighted by atomic mass is 10.1. The first-order valence-electron chi connectivity index (χ1n) is 9.03. The monoisotopic (exact) mass is 405 g/mol. The van der Waals surface area contributed by atoms with Crippen LogP contribution in [0.4, 0.5) is 5.69 Å². The molecule has 1 unspecified atom stereocenters. The molecule has 1 fully saturated rings. The molecule has 0 bridgehead atoms. The second-order valence-corrected chi connectivity index (χ2v) is 9.69. The van der Waals surface area contributed by atoms with E-state index < -0.39 is 15.9 Å². The summed E-state index contributed by atoms with van der Waals surface area (Å²) in [6.45, 7) is 0. The zero-order valence-corrected chi connectivity index (χ0v) is 16.2. The van der Waals surface area contributed by atoms with Crippen LogP contribution in [0.1, 0.15) is 31.2 Å². The van der Waals surface area contributed by atoms with E-state index in [9.17, 15) is 13.2 Å². The fraction of sp³-hybridized carbons (Fsp3) is 0.350. The Hall–Kier alpha value is -2.05. The van der Waals surface area contributed by atoms with Gasteiger partial charge in [0.15, 0.2) is 15.9 Å². The molecule has 0 spiro atoms. The van der Waals surface area contributed by atoms with Gasteiger partial charge >= 0.3 is 0 Å². The van der Waals surface area contributed by atoms with Crippen LogP contribution in [0, 0.1) is 0 Å². The van der Waals surface area contributed by atoms with Gasteiger partial charge in [0.05, 0.1) is 10.1 Å². The Morgan fingerprint density at radius 2 is 1.78 bits per heavy atom. The zero-order chi connectivity index (χ0) is 19.0. The van der Waals surface area contributed by atoms with Crippen molar-refractivity contribution in [1.82, 2.24) is 0 Å². The van der Waals surface area contributed by atoms with Crippen molar-refractivity contribution in [3.8, 4) is 5.75 Å². The Morgan fingerprint density at radius 1 is 1.07 bits per heavy atom. The quantitative estimate of drug-likeness (QED) is 0.834. The summed E-state index contributed by atoms with van der Waals surface area (Å²) < 4.78 is 30.9. The highest BCUT2D eigenvalue weighted by Crippen LogP contribution is 2.32. The molecule has 1 aliphatic carbocycles. The number of carbonyl (C=O) groups is 1. The number of nitrogens with one attached hydrogen (secondary N) is 1. The lowest BCUT2D eigenvalue weighted by Crippen LogP contribution is -2.31. The van der Waals surface area contributed by atoms with E-state index >= 15 is 0 Å². The van der Waals surface area contributed by atoms with Crippen molar-refractivity contribution in [3.63, 3.8) is 0 Å². The van der Waals surface area contributed by atoms with Gasteiger partial charge in [0.25, 0.3) is 5.91 Å². The maximum absolute atomic E-state index is 12.6. The Labute approximate surface area is 163 Å². The second kappa shape index (κ2) is 7.17. The first-order valence-corrected chi connectivity index (χ1v) is 11.0. The van der Waals surface area contributed by atoms with Gasteiger partial charge in [-0.1, -0.05) is 24.4 Å². The van der Waals surface area contributed by atoms with Gasteiger partial charge < -0.3 is 10.1 Å². The molecule has 0 aromatic heterocycles. The first kappa shape index (κ1) is 18.3. The summed E-state index contributed by atoms with van der Waals surface area (Å²) in [6.07, 6.45) is 3.21. The van der Waals surface area contributed by atoms with Gasteiger partial charge in [-0.05, 0) is 60.9 Å².